The molecule has 1 N–H and O–H groups in total. The monoisotopic (exact) mass is 409 g/mol. The van der Waals surface area contributed by atoms with Crippen molar-refractivity contribution in [3.63, 3.8) is 0 Å². The number of nitrogens with zero attached hydrogens (tertiary/aromatic N) is 2. The molecule has 0 aliphatic carbocycles. The predicted molar refractivity (Wildman–Crippen MR) is 94.9 cm³/mol. The number of sulfonamides is 1. The van der Waals surface area contributed by atoms with E-state index < -0.39 is 10.0 Å². The highest BCUT2D eigenvalue weighted by Crippen LogP contribution is 2.26. The van der Waals surface area contributed by atoms with Crippen molar-refractivity contribution in [3.05, 3.63) is 15.9 Å². The van der Waals surface area contributed by atoms with Crippen LogP contribution in [0.2, 0.25) is 0 Å². The second-order valence-corrected chi connectivity index (χ2v) is 10.5. The number of halogens is 1. The Morgan fingerprint density at radius 1 is 1.27 bits per heavy atom. The van der Waals surface area contributed by atoms with Crippen molar-refractivity contribution in [2.75, 3.05) is 39.8 Å². The summed E-state index contributed by atoms with van der Waals surface area (Å²) in [6, 6.07) is 3.63. The standard InChI is InChI=1S/C14H24BrN3O2S2/c1-11(2)12(18-8-6-17(3)7-9-18)10-16-22(19,20)14-5-4-13(15)21-14/h4-5,11-12,16H,6-10H2,1-3H3/t12-/m0/s1. The average Bonchev–Trinajstić information content (AvgIpc) is 2.88. The van der Waals surface area contributed by atoms with Gasteiger partial charge in [-0.2, -0.15) is 0 Å². The first-order valence-electron chi connectivity index (χ1n) is 7.47. The van der Waals surface area contributed by atoms with Gasteiger partial charge in [0, 0.05) is 38.8 Å². The lowest BCUT2D eigenvalue weighted by Gasteiger charge is -2.39. The fraction of sp³-hybridized carbons (Fsp3) is 0.714. The minimum Gasteiger partial charge on any atom is -0.304 e. The molecule has 1 saturated heterocycles. The van der Waals surface area contributed by atoms with Crippen molar-refractivity contribution in [3.8, 4) is 0 Å². The van der Waals surface area contributed by atoms with Crippen LogP contribution in [0.15, 0.2) is 20.1 Å². The van der Waals surface area contributed by atoms with E-state index in [-0.39, 0.29) is 6.04 Å². The highest BCUT2D eigenvalue weighted by Gasteiger charge is 2.27. The van der Waals surface area contributed by atoms with Crippen LogP contribution in [0.4, 0.5) is 0 Å². The Hall–Kier alpha value is 0.01000. The number of nitrogens with one attached hydrogen (secondary N) is 1. The molecule has 0 spiro atoms. The quantitative estimate of drug-likeness (QED) is 0.780. The van der Waals surface area contributed by atoms with Crippen molar-refractivity contribution >= 4 is 37.3 Å². The first-order valence-corrected chi connectivity index (χ1v) is 10.6. The molecule has 1 fully saturated rings. The van der Waals surface area contributed by atoms with Gasteiger partial charge in [0.05, 0.1) is 3.79 Å². The highest BCUT2D eigenvalue weighted by atomic mass is 79.9. The number of hydrogen-bond acceptors (Lipinski definition) is 5. The smallest absolute Gasteiger partial charge is 0.250 e. The van der Waals surface area contributed by atoms with Gasteiger partial charge in [0.15, 0.2) is 0 Å². The molecule has 0 radical (unpaired) electrons. The molecular formula is C14H24BrN3O2S2. The van der Waals surface area contributed by atoms with Crippen molar-refractivity contribution in [1.29, 1.82) is 0 Å². The summed E-state index contributed by atoms with van der Waals surface area (Å²) in [5.74, 6) is 0.404. The maximum atomic E-state index is 12.4. The minimum absolute atomic E-state index is 0.229. The molecule has 2 rings (SSSR count). The Morgan fingerprint density at radius 2 is 1.91 bits per heavy atom. The molecule has 0 amide bonds. The third-order valence-electron chi connectivity index (χ3n) is 4.07. The zero-order valence-corrected chi connectivity index (χ0v) is 16.5. The van der Waals surface area contributed by atoms with E-state index in [0.29, 0.717) is 16.7 Å². The first kappa shape index (κ1) is 18.4. The lowest BCUT2D eigenvalue weighted by molar-refractivity contribution is 0.0905. The summed E-state index contributed by atoms with van der Waals surface area (Å²) in [5.41, 5.74) is 0. The number of hydrogen-bond donors (Lipinski definition) is 1. The summed E-state index contributed by atoms with van der Waals surface area (Å²) >= 11 is 4.55. The Labute approximate surface area is 145 Å². The molecular weight excluding hydrogens is 386 g/mol. The van der Waals surface area contributed by atoms with Gasteiger partial charge < -0.3 is 4.90 Å². The van der Waals surface area contributed by atoms with Crippen molar-refractivity contribution < 1.29 is 8.42 Å². The van der Waals surface area contributed by atoms with Crippen LogP contribution < -0.4 is 4.72 Å². The Balaban J connectivity index is 2.00. The third-order valence-corrected chi connectivity index (χ3v) is 7.61. The van der Waals surface area contributed by atoms with Gasteiger partial charge in [-0.25, -0.2) is 13.1 Å². The third kappa shape index (κ3) is 4.75. The molecule has 1 aromatic heterocycles. The van der Waals surface area contributed by atoms with Crippen molar-refractivity contribution in [2.24, 2.45) is 5.92 Å². The SMILES string of the molecule is CC(C)[C@H](CNS(=O)(=O)c1ccc(Br)s1)N1CCN(C)CC1. The first-order chi connectivity index (χ1) is 10.3. The van der Waals surface area contributed by atoms with Crippen LogP contribution in [-0.4, -0.2) is 64.0 Å². The zero-order chi connectivity index (χ0) is 16.3. The summed E-state index contributed by atoms with van der Waals surface area (Å²) in [5, 5.41) is 0. The molecule has 5 nitrogen and oxygen atoms in total. The predicted octanol–water partition coefficient (Wildman–Crippen LogP) is 2.06. The number of likely N-dealkylation sites (N-methyl/N-ethyl adjacent to an activating group) is 1. The van der Waals surface area contributed by atoms with E-state index in [1.807, 2.05) is 0 Å². The Kier molecular flexibility index (Phi) is 6.44. The van der Waals surface area contributed by atoms with Crippen LogP contribution >= 0.6 is 27.3 Å². The van der Waals surface area contributed by atoms with Crippen LogP contribution in [0, 0.1) is 5.92 Å². The second kappa shape index (κ2) is 7.72. The van der Waals surface area contributed by atoms with Gasteiger partial charge in [-0.05, 0) is 41.0 Å². The lowest BCUT2D eigenvalue weighted by atomic mass is 10.0. The topological polar surface area (TPSA) is 52.7 Å². The van der Waals surface area contributed by atoms with Gasteiger partial charge in [-0.1, -0.05) is 13.8 Å². The number of thiophene rings is 1. The molecule has 0 saturated carbocycles. The zero-order valence-electron chi connectivity index (χ0n) is 13.3. The van der Waals surface area contributed by atoms with Crippen LogP contribution in [0.3, 0.4) is 0 Å². The van der Waals surface area contributed by atoms with Gasteiger partial charge in [0.25, 0.3) is 0 Å². The summed E-state index contributed by atoms with van der Waals surface area (Å²) in [4.78, 5) is 4.71. The Bertz CT molecular complexity index is 581. The van der Waals surface area contributed by atoms with E-state index in [4.69, 9.17) is 0 Å². The van der Waals surface area contributed by atoms with Crippen molar-refractivity contribution in [1.82, 2.24) is 14.5 Å². The van der Waals surface area contributed by atoms with E-state index in [2.05, 4.69) is 51.3 Å². The fourth-order valence-electron chi connectivity index (χ4n) is 2.65. The summed E-state index contributed by atoms with van der Waals surface area (Å²) in [6.07, 6.45) is 0. The van der Waals surface area contributed by atoms with E-state index in [0.717, 1.165) is 30.0 Å². The van der Waals surface area contributed by atoms with Gasteiger partial charge in [-0.15, -0.1) is 11.3 Å². The normalized spacial score (nSPS) is 19.7. The molecule has 2 heterocycles. The van der Waals surface area contributed by atoms with Gasteiger partial charge >= 0.3 is 0 Å². The van der Waals surface area contributed by atoms with Crippen LogP contribution in [0.25, 0.3) is 0 Å². The minimum atomic E-state index is -3.42. The summed E-state index contributed by atoms with van der Waals surface area (Å²) in [6.45, 7) is 8.82. The van der Waals surface area contributed by atoms with E-state index in [1.54, 1.807) is 12.1 Å². The van der Waals surface area contributed by atoms with E-state index >= 15 is 0 Å². The van der Waals surface area contributed by atoms with Crippen LogP contribution in [0.1, 0.15) is 13.8 Å². The largest absolute Gasteiger partial charge is 0.304 e. The molecule has 126 valence electrons. The molecule has 22 heavy (non-hydrogen) atoms. The molecule has 1 aliphatic heterocycles. The molecule has 1 aliphatic rings. The van der Waals surface area contributed by atoms with E-state index in [9.17, 15) is 8.42 Å². The van der Waals surface area contributed by atoms with Gasteiger partial charge in [-0.3, -0.25) is 4.90 Å². The highest BCUT2D eigenvalue weighted by molar-refractivity contribution is 9.11. The summed E-state index contributed by atoms with van der Waals surface area (Å²) in [7, 11) is -1.29. The molecule has 0 unspecified atom stereocenters. The number of piperazine rings is 1. The molecule has 1 atom stereocenters. The molecule has 8 heteroatoms. The average molecular weight is 410 g/mol. The Morgan fingerprint density at radius 3 is 2.41 bits per heavy atom. The van der Waals surface area contributed by atoms with Crippen molar-refractivity contribution in [2.45, 2.75) is 24.1 Å². The van der Waals surface area contributed by atoms with Crippen LogP contribution in [-0.2, 0) is 10.0 Å². The molecule has 0 aromatic carbocycles. The molecule has 1 aromatic rings. The maximum absolute atomic E-state index is 12.4. The van der Waals surface area contributed by atoms with Crippen LogP contribution in [0.5, 0.6) is 0 Å². The number of rotatable bonds is 6. The van der Waals surface area contributed by atoms with E-state index in [1.165, 1.54) is 11.3 Å². The van der Waals surface area contributed by atoms with Gasteiger partial charge in [0.2, 0.25) is 10.0 Å². The van der Waals surface area contributed by atoms with Gasteiger partial charge in [0.1, 0.15) is 4.21 Å². The second-order valence-electron chi connectivity index (χ2n) is 6.06. The maximum Gasteiger partial charge on any atom is 0.250 e. The lowest BCUT2D eigenvalue weighted by Crippen LogP contribution is -2.54. The fourth-order valence-corrected chi connectivity index (χ4v) is 5.75. The summed E-state index contributed by atoms with van der Waals surface area (Å²) < 4.78 is 28.7. The molecule has 0 bridgehead atoms.